The molecule has 1 aliphatic heterocycles. The van der Waals surface area contributed by atoms with Crippen LogP contribution < -0.4 is 14.8 Å². The van der Waals surface area contributed by atoms with E-state index in [1.165, 1.54) is 12.1 Å². The van der Waals surface area contributed by atoms with E-state index in [1.54, 1.807) is 37.3 Å². The summed E-state index contributed by atoms with van der Waals surface area (Å²) in [6.07, 6.45) is 0.612. The van der Waals surface area contributed by atoms with Crippen LogP contribution in [0.4, 0.5) is 14.9 Å². The van der Waals surface area contributed by atoms with Gasteiger partial charge in [0.05, 0.1) is 25.9 Å². The quantitative estimate of drug-likeness (QED) is 0.568. The van der Waals surface area contributed by atoms with E-state index in [4.69, 9.17) is 21.1 Å². The number of nitrogens with zero attached hydrogens (tertiary/aromatic N) is 1. The molecule has 3 aromatic carbocycles. The van der Waals surface area contributed by atoms with Crippen molar-refractivity contribution in [2.24, 2.45) is 0 Å². The zero-order chi connectivity index (χ0) is 22.0. The molecule has 3 aromatic rings. The largest absolute Gasteiger partial charge is 0.493 e. The van der Waals surface area contributed by atoms with Crippen LogP contribution in [0.3, 0.4) is 0 Å². The zero-order valence-electron chi connectivity index (χ0n) is 17.2. The molecule has 0 bridgehead atoms. The Hall–Kier alpha value is -3.25. The number of carbonyl (C=O) groups excluding carboxylic acids is 1. The molecule has 1 unspecified atom stereocenters. The van der Waals surface area contributed by atoms with Gasteiger partial charge in [0.1, 0.15) is 5.82 Å². The molecule has 2 amide bonds. The number of urea groups is 1. The lowest BCUT2D eigenvalue weighted by atomic mass is 9.87. The molecule has 4 rings (SSSR count). The first-order valence-corrected chi connectivity index (χ1v) is 10.2. The summed E-state index contributed by atoms with van der Waals surface area (Å²) in [7, 11) is 3.16. The first-order chi connectivity index (χ1) is 15.0. The Morgan fingerprint density at radius 3 is 2.42 bits per heavy atom. The summed E-state index contributed by atoms with van der Waals surface area (Å²) in [6.45, 7) is 0.429. The minimum Gasteiger partial charge on any atom is -0.493 e. The van der Waals surface area contributed by atoms with Gasteiger partial charge >= 0.3 is 6.03 Å². The van der Waals surface area contributed by atoms with Crippen LogP contribution in [0.25, 0.3) is 0 Å². The van der Waals surface area contributed by atoms with Crippen LogP contribution in [-0.4, -0.2) is 31.7 Å². The second-order valence-corrected chi connectivity index (χ2v) is 7.59. The van der Waals surface area contributed by atoms with Crippen LogP contribution in [0, 0.1) is 5.82 Å². The first kappa shape index (κ1) is 21.0. The molecule has 31 heavy (non-hydrogen) atoms. The van der Waals surface area contributed by atoms with E-state index in [1.807, 2.05) is 30.3 Å². The van der Waals surface area contributed by atoms with E-state index in [2.05, 4.69) is 5.32 Å². The number of fused-ring (bicyclic) bond motifs is 1. The highest BCUT2D eigenvalue weighted by Crippen LogP contribution is 2.42. The molecule has 0 saturated carbocycles. The van der Waals surface area contributed by atoms with Gasteiger partial charge in [0, 0.05) is 11.6 Å². The molecule has 160 valence electrons. The van der Waals surface area contributed by atoms with E-state index in [-0.39, 0.29) is 5.69 Å². The summed E-state index contributed by atoms with van der Waals surface area (Å²) in [5.74, 6) is 0.701. The standard InChI is InChI=1S/C24H22ClFN2O3/c1-30-21-13-15-11-12-28(24(29)27-20-10-6-5-9-19(20)26)23(17(15)14-22(21)31-2)16-7-3-4-8-18(16)25/h3-10,13-14,23H,11-12H2,1-2H3,(H,27,29). The minimum atomic E-state index is -0.492. The van der Waals surface area contributed by atoms with Gasteiger partial charge in [-0.25, -0.2) is 9.18 Å². The van der Waals surface area contributed by atoms with Crippen molar-refractivity contribution in [1.82, 2.24) is 4.90 Å². The smallest absolute Gasteiger partial charge is 0.322 e. The predicted molar refractivity (Wildman–Crippen MR) is 119 cm³/mol. The highest BCUT2D eigenvalue weighted by molar-refractivity contribution is 6.31. The van der Waals surface area contributed by atoms with Crippen LogP contribution in [0.5, 0.6) is 11.5 Å². The summed E-state index contributed by atoms with van der Waals surface area (Å²) in [5, 5.41) is 3.23. The maximum Gasteiger partial charge on any atom is 0.322 e. The Morgan fingerprint density at radius 1 is 1.03 bits per heavy atom. The third-order valence-corrected chi connectivity index (χ3v) is 5.79. The SMILES string of the molecule is COc1cc2c(cc1OC)C(c1ccccc1Cl)N(C(=O)Nc1ccccc1F)CC2. The summed E-state index contributed by atoms with van der Waals surface area (Å²) in [6, 6.07) is 16.4. The van der Waals surface area contributed by atoms with E-state index >= 15 is 0 Å². The third kappa shape index (κ3) is 4.03. The van der Waals surface area contributed by atoms with Gasteiger partial charge in [-0.3, -0.25) is 0 Å². The molecule has 0 fully saturated rings. The van der Waals surface area contributed by atoms with Crippen molar-refractivity contribution in [2.75, 3.05) is 26.1 Å². The van der Waals surface area contributed by atoms with Crippen molar-refractivity contribution in [3.05, 3.63) is 88.2 Å². The lowest BCUT2D eigenvalue weighted by Crippen LogP contribution is -2.43. The second-order valence-electron chi connectivity index (χ2n) is 7.18. The van der Waals surface area contributed by atoms with Crippen molar-refractivity contribution < 1.29 is 18.7 Å². The molecule has 0 saturated heterocycles. The molecule has 0 aromatic heterocycles. The topological polar surface area (TPSA) is 50.8 Å². The molecule has 1 atom stereocenters. The maximum absolute atomic E-state index is 14.1. The molecule has 5 nitrogen and oxygen atoms in total. The summed E-state index contributed by atoms with van der Waals surface area (Å²) in [5.41, 5.74) is 2.84. The van der Waals surface area contributed by atoms with Crippen molar-refractivity contribution in [1.29, 1.82) is 0 Å². The summed E-state index contributed by atoms with van der Waals surface area (Å²) >= 11 is 6.54. The third-order valence-electron chi connectivity index (χ3n) is 5.45. The van der Waals surface area contributed by atoms with Crippen LogP contribution >= 0.6 is 11.6 Å². The lowest BCUT2D eigenvalue weighted by molar-refractivity contribution is 0.193. The Morgan fingerprint density at radius 2 is 1.71 bits per heavy atom. The van der Waals surface area contributed by atoms with E-state index in [0.29, 0.717) is 29.5 Å². The number of amides is 2. The maximum atomic E-state index is 14.1. The molecular formula is C24H22ClFN2O3. The number of anilines is 1. The van der Waals surface area contributed by atoms with Crippen molar-refractivity contribution in [2.45, 2.75) is 12.5 Å². The zero-order valence-corrected chi connectivity index (χ0v) is 17.9. The highest BCUT2D eigenvalue weighted by Gasteiger charge is 2.34. The molecule has 0 aliphatic carbocycles. The Balaban J connectivity index is 1.80. The molecular weight excluding hydrogens is 419 g/mol. The van der Waals surface area contributed by atoms with Crippen LogP contribution in [0.2, 0.25) is 5.02 Å². The number of carbonyl (C=O) groups is 1. The number of para-hydroxylation sites is 1. The predicted octanol–water partition coefficient (Wildman–Crippen LogP) is 5.68. The van der Waals surface area contributed by atoms with E-state index in [0.717, 1.165) is 16.7 Å². The van der Waals surface area contributed by atoms with Gasteiger partial charge in [-0.15, -0.1) is 0 Å². The summed E-state index contributed by atoms with van der Waals surface area (Å²) < 4.78 is 25.1. The molecule has 7 heteroatoms. The van der Waals surface area contributed by atoms with Gasteiger partial charge in [0.15, 0.2) is 11.5 Å². The number of benzene rings is 3. The van der Waals surface area contributed by atoms with Gasteiger partial charge in [-0.2, -0.15) is 0 Å². The fraction of sp³-hybridized carbons (Fsp3) is 0.208. The molecule has 1 N–H and O–H groups in total. The van der Waals surface area contributed by atoms with Gasteiger partial charge < -0.3 is 19.7 Å². The van der Waals surface area contributed by atoms with Crippen LogP contribution in [0.1, 0.15) is 22.7 Å². The number of rotatable bonds is 4. The van der Waals surface area contributed by atoms with Crippen LogP contribution in [-0.2, 0) is 6.42 Å². The van der Waals surface area contributed by atoms with Crippen molar-refractivity contribution in [3.8, 4) is 11.5 Å². The van der Waals surface area contributed by atoms with E-state index in [9.17, 15) is 9.18 Å². The lowest BCUT2D eigenvalue weighted by Gasteiger charge is -2.38. The Kier molecular flexibility index (Phi) is 6.00. The number of methoxy groups -OCH3 is 2. The van der Waals surface area contributed by atoms with Gasteiger partial charge in [-0.1, -0.05) is 41.9 Å². The first-order valence-electron chi connectivity index (χ1n) is 9.85. The fourth-order valence-corrected chi connectivity index (χ4v) is 4.19. The van der Waals surface area contributed by atoms with Crippen molar-refractivity contribution in [3.63, 3.8) is 0 Å². The monoisotopic (exact) mass is 440 g/mol. The molecule has 1 aliphatic rings. The number of hydrogen-bond donors (Lipinski definition) is 1. The molecule has 0 radical (unpaired) electrons. The highest BCUT2D eigenvalue weighted by atomic mass is 35.5. The average Bonchev–Trinajstić information content (AvgIpc) is 2.79. The van der Waals surface area contributed by atoms with Gasteiger partial charge in [0.25, 0.3) is 0 Å². The molecule has 0 spiro atoms. The minimum absolute atomic E-state index is 0.128. The van der Waals surface area contributed by atoms with E-state index < -0.39 is 17.9 Å². The number of hydrogen-bond acceptors (Lipinski definition) is 3. The number of nitrogens with one attached hydrogen (secondary N) is 1. The average molecular weight is 441 g/mol. The van der Waals surface area contributed by atoms with Gasteiger partial charge in [-0.05, 0) is 53.4 Å². The summed E-state index contributed by atoms with van der Waals surface area (Å²) in [4.78, 5) is 14.9. The number of ether oxygens (including phenoxy) is 2. The van der Waals surface area contributed by atoms with Gasteiger partial charge in [0.2, 0.25) is 0 Å². The normalized spacial score (nSPS) is 15.2. The van der Waals surface area contributed by atoms with Crippen molar-refractivity contribution >= 4 is 23.3 Å². The molecule has 1 heterocycles. The Labute approximate surface area is 185 Å². The van der Waals surface area contributed by atoms with Crippen LogP contribution in [0.15, 0.2) is 60.7 Å². The second kappa shape index (κ2) is 8.86. The number of halogens is 2. The Bertz CT molecular complexity index is 1120. The fourth-order valence-electron chi connectivity index (χ4n) is 3.95.